The first-order valence-corrected chi connectivity index (χ1v) is 11.8. The van der Waals surface area contributed by atoms with E-state index in [1.807, 2.05) is 55.6 Å². The number of hydrogen-bond donors (Lipinski definition) is 3. The van der Waals surface area contributed by atoms with E-state index < -0.39 is 5.41 Å². The molecule has 2 aliphatic heterocycles. The molecule has 7 nitrogen and oxygen atoms in total. The number of nitrogens with one attached hydrogen (secondary N) is 2. The van der Waals surface area contributed by atoms with Gasteiger partial charge in [-0.15, -0.1) is 0 Å². The molecule has 176 valence electrons. The highest BCUT2D eigenvalue weighted by molar-refractivity contribution is 5.96. The summed E-state index contributed by atoms with van der Waals surface area (Å²) in [7, 11) is 2.01. The van der Waals surface area contributed by atoms with Gasteiger partial charge in [-0.1, -0.05) is 30.3 Å². The zero-order valence-corrected chi connectivity index (χ0v) is 19.4. The molecule has 0 aliphatic carbocycles. The summed E-state index contributed by atoms with van der Waals surface area (Å²) < 4.78 is 0. The van der Waals surface area contributed by atoms with Crippen molar-refractivity contribution in [1.82, 2.24) is 14.9 Å². The molecule has 2 aliphatic rings. The van der Waals surface area contributed by atoms with Gasteiger partial charge in [0.05, 0.1) is 23.8 Å². The second-order valence-electron chi connectivity index (χ2n) is 9.40. The number of pyridine rings is 1. The summed E-state index contributed by atoms with van der Waals surface area (Å²) in [6.07, 6.45) is 5.14. The Morgan fingerprint density at radius 3 is 2.74 bits per heavy atom. The Morgan fingerprint density at radius 1 is 1.18 bits per heavy atom. The summed E-state index contributed by atoms with van der Waals surface area (Å²) in [5, 5.41) is 15.5. The van der Waals surface area contributed by atoms with Crippen molar-refractivity contribution in [3.05, 3.63) is 89.7 Å². The number of aromatic nitrogens is 1. The van der Waals surface area contributed by atoms with Gasteiger partial charge in [0, 0.05) is 43.8 Å². The SMILES string of the molecule is CN1Nc2ccc(NC(=O)C3(CO)CCCN(Cc4ccccc4)C3)cc2C1c1ccncc1. The van der Waals surface area contributed by atoms with E-state index >= 15 is 0 Å². The maximum atomic E-state index is 13.5. The Morgan fingerprint density at radius 2 is 1.97 bits per heavy atom. The zero-order chi connectivity index (χ0) is 23.5. The van der Waals surface area contributed by atoms with Crippen molar-refractivity contribution in [3.63, 3.8) is 0 Å². The van der Waals surface area contributed by atoms with Gasteiger partial charge in [0.2, 0.25) is 5.91 Å². The van der Waals surface area contributed by atoms with Crippen molar-refractivity contribution in [2.45, 2.75) is 25.4 Å². The molecule has 2 unspecified atom stereocenters. The van der Waals surface area contributed by atoms with E-state index in [4.69, 9.17) is 0 Å². The summed E-state index contributed by atoms with van der Waals surface area (Å²) in [5.41, 5.74) is 7.78. The summed E-state index contributed by atoms with van der Waals surface area (Å²) in [4.78, 5) is 19.9. The molecule has 2 atom stereocenters. The number of aliphatic hydroxyl groups excluding tert-OH is 1. The maximum Gasteiger partial charge on any atom is 0.234 e. The van der Waals surface area contributed by atoms with Gasteiger partial charge in [-0.05, 0) is 60.8 Å². The lowest BCUT2D eigenvalue weighted by atomic mass is 9.79. The van der Waals surface area contributed by atoms with Gasteiger partial charge in [0.25, 0.3) is 0 Å². The number of rotatable bonds is 6. The molecule has 0 spiro atoms. The van der Waals surface area contributed by atoms with Gasteiger partial charge < -0.3 is 15.8 Å². The standard InChI is InChI=1S/C27H31N5O2/c1-31-25(21-10-13-28-14-11-21)23-16-22(8-9-24(23)30-31)29-26(34)27(19-33)12-5-15-32(18-27)17-20-6-3-2-4-7-20/h2-4,6-11,13-14,16,25,30,33H,5,12,15,17-19H2,1H3,(H,29,34). The van der Waals surface area contributed by atoms with Gasteiger partial charge in [-0.25, -0.2) is 5.01 Å². The Hall–Kier alpha value is -3.26. The van der Waals surface area contributed by atoms with Gasteiger partial charge in [0.15, 0.2) is 0 Å². The van der Waals surface area contributed by atoms with E-state index in [1.165, 1.54) is 5.56 Å². The third-order valence-electron chi connectivity index (χ3n) is 7.00. The van der Waals surface area contributed by atoms with Crippen molar-refractivity contribution in [2.24, 2.45) is 5.41 Å². The van der Waals surface area contributed by atoms with E-state index in [0.717, 1.165) is 42.0 Å². The van der Waals surface area contributed by atoms with Crippen LogP contribution in [0.25, 0.3) is 0 Å². The molecule has 0 bridgehead atoms. The molecule has 3 aromatic rings. The lowest BCUT2D eigenvalue weighted by Gasteiger charge is -2.40. The highest BCUT2D eigenvalue weighted by atomic mass is 16.3. The van der Waals surface area contributed by atoms with E-state index in [0.29, 0.717) is 13.0 Å². The van der Waals surface area contributed by atoms with Crippen LogP contribution in [0.5, 0.6) is 0 Å². The zero-order valence-electron chi connectivity index (χ0n) is 19.4. The number of fused-ring (bicyclic) bond motifs is 1. The monoisotopic (exact) mass is 457 g/mol. The number of benzene rings is 2. The van der Waals surface area contributed by atoms with Crippen LogP contribution in [0.4, 0.5) is 11.4 Å². The fourth-order valence-corrected chi connectivity index (χ4v) is 5.23. The van der Waals surface area contributed by atoms with E-state index in [2.05, 4.69) is 37.8 Å². The van der Waals surface area contributed by atoms with Crippen LogP contribution in [0.15, 0.2) is 73.1 Å². The Balaban J connectivity index is 1.34. The molecular formula is C27H31N5O2. The molecule has 2 aromatic carbocycles. The number of piperidine rings is 1. The molecule has 7 heteroatoms. The molecule has 0 radical (unpaired) electrons. The van der Waals surface area contributed by atoms with Gasteiger partial charge >= 0.3 is 0 Å². The quantitative estimate of drug-likeness (QED) is 0.524. The largest absolute Gasteiger partial charge is 0.395 e. The number of likely N-dealkylation sites (tertiary alicyclic amines) is 1. The van der Waals surface area contributed by atoms with Crippen molar-refractivity contribution in [2.75, 3.05) is 37.5 Å². The predicted octanol–water partition coefficient (Wildman–Crippen LogP) is 3.66. The molecule has 1 fully saturated rings. The molecule has 3 N–H and O–H groups in total. The molecule has 34 heavy (non-hydrogen) atoms. The summed E-state index contributed by atoms with van der Waals surface area (Å²) in [6.45, 7) is 2.08. The number of anilines is 2. The minimum absolute atomic E-state index is 0.0256. The van der Waals surface area contributed by atoms with Gasteiger partial charge in [-0.2, -0.15) is 0 Å². The number of carbonyl (C=O) groups excluding carboxylic acids is 1. The highest BCUT2D eigenvalue weighted by Gasteiger charge is 2.42. The second kappa shape index (κ2) is 9.54. The number of aliphatic hydroxyl groups is 1. The first-order chi connectivity index (χ1) is 16.6. The molecule has 1 saturated heterocycles. The van der Waals surface area contributed by atoms with Crippen LogP contribution in [0.3, 0.4) is 0 Å². The smallest absolute Gasteiger partial charge is 0.234 e. The summed E-state index contributed by atoms with van der Waals surface area (Å²) >= 11 is 0. The Bertz CT molecular complexity index is 1140. The molecular weight excluding hydrogens is 426 g/mol. The molecule has 0 saturated carbocycles. The van der Waals surface area contributed by atoms with Gasteiger partial charge in [0.1, 0.15) is 0 Å². The third-order valence-corrected chi connectivity index (χ3v) is 7.00. The maximum absolute atomic E-state index is 13.5. The average molecular weight is 458 g/mol. The topological polar surface area (TPSA) is 80.7 Å². The van der Waals surface area contributed by atoms with Gasteiger partial charge in [-0.3, -0.25) is 14.7 Å². The lowest BCUT2D eigenvalue weighted by molar-refractivity contribution is -0.132. The Kier molecular flexibility index (Phi) is 6.32. The van der Waals surface area contributed by atoms with Crippen molar-refractivity contribution in [1.29, 1.82) is 0 Å². The highest BCUT2D eigenvalue weighted by Crippen LogP contribution is 2.40. The fraction of sp³-hybridized carbons (Fsp3) is 0.333. The number of hydrazine groups is 1. The second-order valence-corrected chi connectivity index (χ2v) is 9.40. The number of carbonyl (C=O) groups is 1. The summed E-state index contributed by atoms with van der Waals surface area (Å²) in [5.74, 6) is -0.118. The predicted molar refractivity (Wildman–Crippen MR) is 133 cm³/mol. The molecule has 1 amide bonds. The molecule has 3 heterocycles. The van der Waals surface area contributed by atoms with Crippen LogP contribution < -0.4 is 10.7 Å². The fourth-order valence-electron chi connectivity index (χ4n) is 5.23. The van der Waals surface area contributed by atoms with Crippen LogP contribution >= 0.6 is 0 Å². The number of amides is 1. The van der Waals surface area contributed by atoms with Crippen molar-refractivity contribution in [3.8, 4) is 0 Å². The molecule has 1 aromatic heterocycles. The van der Waals surface area contributed by atoms with E-state index in [9.17, 15) is 9.90 Å². The minimum Gasteiger partial charge on any atom is -0.395 e. The molecule has 5 rings (SSSR count). The van der Waals surface area contributed by atoms with Crippen LogP contribution in [-0.4, -0.2) is 52.7 Å². The minimum atomic E-state index is -0.814. The number of hydrogen-bond acceptors (Lipinski definition) is 6. The average Bonchev–Trinajstić information content (AvgIpc) is 3.20. The van der Waals surface area contributed by atoms with Crippen LogP contribution in [0.2, 0.25) is 0 Å². The number of nitrogens with zero attached hydrogens (tertiary/aromatic N) is 3. The Labute approximate surface area is 200 Å². The normalized spacial score (nSPS) is 22.7. The van der Waals surface area contributed by atoms with Crippen LogP contribution in [0.1, 0.15) is 35.6 Å². The van der Waals surface area contributed by atoms with Crippen LogP contribution in [0, 0.1) is 5.41 Å². The lowest BCUT2D eigenvalue weighted by Crippen LogP contribution is -2.51. The third kappa shape index (κ3) is 4.42. The first kappa shape index (κ1) is 22.5. The van der Waals surface area contributed by atoms with Crippen molar-refractivity contribution >= 4 is 17.3 Å². The first-order valence-electron chi connectivity index (χ1n) is 11.8. The van der Waals surface area contributed by atoms with Crippen LogP contribution in [-0.2, 0) is 11.3 Å². The summed E-state index contributed by atoms with van der Waals surface area (Å²) in [6, 6.07) is 20.3. The van der Waals surface area contributed by atoms with E-state index in [1.54, 1.807) is 12.4 Å². The van der Waals surface area contributed by atoms with E-state index in [-0.39, 0.29) is 18.6 Å². The van der Waals surface area contributed by atoms with Crippen molar-refractivity contribution < 1.29 is 9.90 Å².